The number of rotatable bonds is 4. The first-order valence-electron chi connectivity index (χ1n) is 6.44. The zero-order chi connectivity index (χ0) is 13.9. The summed E-state index contributed by atoms with van der Waals surface area (Å²) in [5, 5.41) is 13.8. The lowest BCUT2D eigenvalue weighted by Crippen LogP contribution is -2.53. The van der Waals surface area contributed by atoms with Crippen molar-refractivity contribution in [2.75, 3.05) is 6.61 Å². The van der Waals surface area contributed by atoms with E-state index < -0.39 is 24.5 Å². The van der Waals surface area contributed by atoms with Crippen LogP contribution in [0.1, 0.15) is 5.56 Å². The SMILES string of the molecule is [N-]=[N+]=N[C@H]1[C@@H]2OC[C@@H](O2)[C@H](OCc2ccccc2)[C@H]1O. The molecular weight excluding hydrogens is 262 g/mol. The second-order valence-corrected chi connectivity index (χ2v) is 4.82. The molecule has 0 radical (unpaired) electrons. The maximum Gasteiger partial charge on any atom is 0.169 e. The molecule has 0 aliphatic carbocycles. The van der Waals surface area contributed by atoms with Crippen molar-refractivity contribution in [2.24, 2.45) is 5.11 Å². The van der Waals surface area contributed by atoms with E-state index in [-0.39, 0.29) is 6.10 Å². The Morgan fingerprint density at radius 3 is 2.95 bits per heavy atom. The third-order valence-corrected chi connectivity index (χ3v) is 3.54. The molecule has 0 amide bonds. The van der Waals surface area contributed by atoms with E-state index in [9.17, 15) is 5.11 Å². The molecule has 0 unspecified atom stereocenters. The van der Waals surface area contributed by atoms with Gasteiger partial charge in [0.25, 0.3) is 0 Å². The minimum atomic E-state index is -0.930. The molecule has 1 aromatic carbocycles. The topological polar surface area (TPSA) is 96.7 Å². The van der Waals surface area contributed by atoms with Crippen molar-refractivity contribution in [3.8, 4) is 0 Å². The summed E-state index contributed by atoms with van der Waals surface area (Å²) in [4.78, 5) is 2.73. The van der Waals surface area contributed by atoms with Crippen molar-refractivity contribution in [3.05, 3.63) is 46.3 Å². The van der Waals surface area contributed by atoms with Crippen molar-refractivity contribution in [1.82, 2.24) is 0 Å². The third kappa shape index (κ3) is 2.49. The average molecular weight is 277 g/mol. The highest BCUT2D eigenvalue weighted by molar-refractivity contribution is 5.13. The van der Waals surface area contributed by atoms with Crippen LogP contribution < -0.4 is 0 Å². The van der Waals surface area contributed by atoms with Gasteiger partial charge in [0.1, 0.15) is 18.2 Å². The third-order valence-electron chi connectivity index (χ3n) is 3.54. The Labute approximate surface area is 115 Å². The van der Waals surface area contributed by atoms with Gasteiger partial charge in [-0.2, -0.15) is 0 Å². The van der Waals surface area contributed by atoms with Gasteiger partial charge < -0.3 is 19.3 Å². The van der Waals surface area contributed by atoms with Gasteiger partial charge in [0.05, 0.1) is 19.3 Å². The normalized spacial score (nSPS) is 35.5. The summed E-state index contributed by atoms with van der Waals surface area (Å²) in [6, 6.07) is 8.87. The highest BCUT2D eigenvalue weighted by Crippen LogP contribution is 2.32. The van der Waals surface area contributed by atoms with Crippen LogP contribution in [-0.4, -0.2) is 42.4 Å². The van der Waals surface area contributed by atoms with Gasteiger partial charge in [-0.3, -0.25) is 0 Å². The van der Waals surface area contributed by atoms with Crippen molar-refractivity contribution in [2.45, 2.75) is 37.3 Å². The van der Waals surface area contributed by atoms with E-state index in [0.717, 1.165) is 5.56 Å². The highest BCUT2D eigenvalue weighted by Gasteiger charge is 2.50. The van der Waals surface area contributed by atoms with Gasteiger partial charge in [-0.25, -0.2) is 0 Å². The average Bonchev–Trinajstić information content (AvgIpc) is 2.90. The zero-order valence-corrected chi connectivity index (χ0v) is 10.7. The minimum Gasteiger partial charge on any atom is -0.390 e. The van der Waals surface area contributed by atoms with E-state index in [1.807, 2.05) is 30.3 Å². The van der Waals surface area contributed by atoms with E-state index in [1.54, 1.807) is 0 Å². The summed E-state index contributed by atoms with van der Waals surface area (Å²) in [5.41, 5.74) is 9.55. The largest absolute Gasteiger partial charge is 0.390 e. The smallest absolute Gasteiger partial charge is 0.169 e. The number of fused-ring (bicyclic) bond motifs is 2. The van der Waals surface area contributed by atoms with Crippen LogP contribution in [0.5, 0.6) is 0 Å². The van der Waals surface area contributed by atoms with Gasteiger partial charge in [-0.15, -0.1) is 0 Å². The van der Waals surface area contributed by atoms with Crippen LogP contribution in [0.2, 0.25) is 0 Å². The number of aliphatic hydroxyl groups excluding tert-OH is 1. The number of azide groups is 1. The molecule has 2 fully saturated rings. The zero-order valence-electron chi connectivity index (χ0n) is 10.7. The second kappa shape index (κ2) is 5.78. The molecule has 7 heteroatoms. The molecule has 2 heterocycles. The van der Waals surface area contributed by atoms with Crippen LogP contribution in [0.4, 0.5) is 0 Å². The summed E-state index contributed by atoms with van der Waals surface area (Å²) >= 11 is 0. The number of benzene rings is 1. The van der Waals surface area contributed by atoms with E-state index in [4.69, 9.17) is 19.7 Å². The first-order valence-corrected chi connectivity index (χ1v) is 6.44. The molecule has 0 spiro atoms. The van der Waals surface area contributed by atoms with E-state index in [0.29, 0.717) is 13.2 Å². The van der Waals surface area contributed by atoms with Crippen LogP contribution in [0.15, 0.2) is 35.4 Å². The number of nitrogens with zero attached hydrogens (tertiary/aromatic N) is 3. The summed E-state index contributed by atoms with van der Waals surface area (Å²) < 4.78 is 16.7. The van der Waals surface area contributed by atoms with Crippen LogP contribution in [0.3, 0.4) is 0 Å². The molecule has 1 aromatic rings. The Balaban J connectivity index is 1.70. The fraction of sp³-hybridized carbons (Fsp3) is 0.538. The number of hydrogen-bond donors (Lipinski definition) is 1. The Morgan fingerprint density at radius 1 is 1.40 bits per heavy atom. The summed E-state index contributed by atoms with van der Waals surface area (Å²) in [6.45, 7) is 0.689. The second-order valence-electron chi connectivity index (χ2n) is 4.82. The summed E-state index contributed by atoms with van der Waals surface area (Å²) in [6.07, 6.45) is -2.50. The molecule has 2 bridgehead atoms. The fourth-order valence-electron chi connectivity index (χ4n) is 2.52. The highest BCUT2D eigenvalue weighted by atomic mass is 16.7. The first kappa shape index (κ1) is 13.4. The lowest BCUT2D eigenvalue weighted by Gasteiger charge is -2.35. The molecule has 5 atom stereocenters. The minimum absolute atomic E-state index is 0.330. The van der Waals surface area contributed by atoms with Gasteiger partial charge in [-0.1, -0.05) is 35.4 Å². The molecule has 7 nitrogen and oxygen atoms in total. The molecule has 20 heavy (non-hydrogen) atoms. The number of ether oxygens (including phenoxy) is 3. The maximum absolute atomic E-state index is 10.3. The first-order chi connectivity index (χ1) is 9.79. The van der Waals surface area contributed by atoms with Gasteiger partial charge in [0.15, 0.2) is 6.29 Å². The van der Waals surface area contributed by atoms with Crippen LogP contribution in [0.25, 0.3) is 10.4 Å². The van der Waals surface area contributed by atoms with E-state index in [2.05, 4.69) is 10.0 Å². The van der Waals surface area contributed by atoms with Crippen LogP contribution >= 0.6 is 0 Å². The molecule has 1 N–H and O–H groups in total. The van der Waals surface area contributed by atoms with Gasteiger partial charge >= 0.3 is 0 Å². The molecule has 2 aliphatic rings. The van der Waals surface area contributed by atoms with E-state index in [1.165, 1.54) is 0 Å². The molecule has 3 rings (SSSR count). The lowest BCUT2D eigenvalue weighted by molar-refractivity contribution is -0.195. The molecule has 106 valence electrons. The Bertz CT molecular complexity index is 506. The summed E-state index contributed by atoms with van der Waals surface area (Å²) in [7, 11) is 0. The van der Waals surface area contributed by atoms with Crippen molar-refractivity contribution in [3.63, 3.8) is 0 Å². The van der Waals surface area contributed by atoms with Crippen molar-refractivity contribution >= 4 is 0 Å². The Kier molecular flexibility index (Phi) is 3.86. The Morgan fingerprint density at radius 2 is 2.20 bits per heavy atom. The standard InChI is InChI=1S/C13H15N3O4/c14-16-15-10-11(17)12(9-7-19-13(10)20-9)18-6-8-4-2-1-3-5-8/h1-5,9-13,17H,6-7H2/t9-,10-,11+,12+,13-/m1/s1. The molecular formula is C13H15N3O4. The van der Waals surface area contributed by atoms with Crippen molar-refractivity contribution in [1.29, 1.82) is 0 Å². The fourth-order valence-corrected chi connectivity index (χ4v) is 2.52. The van der Waals surface area contributed by atoms with Crippen molar-refractivity contribution < 1.29 is 19.3 Å². The quantitative estimate of drug-likeness (QED) is 0.510. The lowest BCUT2D eigenvalue weighted by atomic mass is 9.99. The maximum atomic E-state index is 10.3. The van der Waals surface area contributed by atoms with Crippen LogP contribution in [-0.2, 0) is 20.8 Å². The monoisotopic (exact) mass is 277 g/mol. The summed E-state index contributed by atoms with van der Waals surface area (Å²) in [5.74, 6) is 0. The predicted octanol–water partition coefficient (Wildman–Crippen LogP) is 1.37. The molecule has 0 aromatic heterocycles. The Hall–Kier alpha value is -1.63. The predicted molar refractivity (Wildman–Crippen MR) is 68.6 cm³/mol. The van der Waals surface area contributed by atoms with Crippen LogP contribution in [0, 0.1) is 0 Å². The molecule has 0 saturated carbocycles. The molecule has 2 saturated heterocycles. The van der Waals surface area contributed by atoms with Gasteiger partial charge in [0.2, 0.25) is 0 Å². The van der Waals surface area contributed by atoms with Gasteiger partial charge in [-0.05, 0) is 11.1 Å². The van der Waals surface area contributed by atoms with Gasteiger partial charge in [0, 0.05) is 4.91 Å². The number of aliphatic hydroxyl groups is 1. The van der Waals surface area contributed by atoms with E-state index >= 15 is 0 Å². The number of hydrogen-bond acceptors (Lipinski definition) is 5. The molecule has 2 aliphatic heterocycles.